The van der Waals surface area contributed by atoms with Gasteiger partial charge in [0.1, 0.15) is 10.7 Å². The summed E-state index contributed by atoms with van der Waals surface area (Å²) in [5.74, 6) is -2.43. The number of amides is 3. The van der Waals surface area contributed by atoms with Gasteiger partial charge in [0.15, 0.2) is 0 Å². The molecular weight excluding hydrogens is 553 g/mol. The van der Waals surface area contributed by atoms with Gasteiger partial charge in [0, 0.05) is 11.3 Å². The maximum Gasteiger partial charge on any atom is 0.338 e. The van der Waals surface area contributed by atoms with Gasteiger partial charge in [-0.3, -0.25) is 14.4 Å². The highest BCUT2D eigenvalue weighted by Crippen LogP contribution is 2.32. The molecule has 0 radical (unpaired) electrons. The molecule has 8 nitrogen and oxygen atoms in total. The molecule has 1 heterocycles. The monoisotopic (exact) mass is 571 g/mol. The van der Waals surface area contributed by atoms with E-state index in [4.69, 9.17) is 39.5 Å². The summed E-state index contributed by atoms with van der Waals surface area (Å²) in [4.78, 5) is 51.6. The minimum absolute atomic E-state index is 0.140. The van der Waals surface area contributed by atoms with E-state index in [-0.39, 0.29) is 33.6 Å². The number of benzene rings is 3. The van der Waals surface area contributed by atoms with Crippen molar-refractivity contribution in [3.05, 3.63) is 98.6 Å². The Balaban J connectivity index is 1.48. The summed E-state index contributed by atoms with van der Waals surface area (Å²) in [5, 5.41) is 5.74. The van der Waals surface area contributed by atoms with Crippen molar-refractivity contribution in [2.24, 2.45) is 0 Å². The smallest absolute Gasteiger partial charge is 0.338 e. The van der Waals surface area contributed by atoms with Crippen molar-refractivity contribution >= 4 is 75.6 Å². The van der Waals surface area contributed by atoms with E-state index in [1.807, 2.05) is 6.92 Å². The molecule has 0 saturated carbocycles. The molecule has 11 heteroatoms. The van der Waals surface area contributed by atoms with E-state index in [1.165, 1.54) is 36.4 Å². The van der Waals surface area contributed by atoms with Crippen LogP contribution in [0.5, 0.6) is 0 Å². The molecule has 0 saturated heterocycles. The molecule has 194 valence electrons. The zero-order chi connectivity index (χ0) is 27.4. The lowest BCUT2D eigenvalue weighted by molar-refractivity contribution is -0.120. The van der Waals surface area contributed by atoms with Crippen molar-refractivity contribution in [3.8, 4) is 0 Å². The lowest BCUT2D eigenvalue weighted by atomic mass is 10.1. The maximum absolute atomic E-state index is 13.1. The Bertz CT molecular complexity index is 1470. The van der Waals surface area contributed by atoms with Crippen molar-refractivity contribution in [1.29, 1.82) is 0 Å². The molecule has 1 aliphatic heterocycles. The third-order valence-electron chi connectivity index (χ3n) is 5.42. The Hall–Kier alpha value is -3.85. The minimum atomic E-state index is -0.743. The van der Waals surface area contributed by atoms with Crippen molar-refractivity contribution in [2.75, 3.05) is 22.1 Å². The summed E-state index contributed by atoms with van der Waals surface area (Å²) in [6.07, 6.45) is 0.658. The largest absolute Gasteiger partial charge is 0.462 e. The Morgan fingerprint density at radius 1 is 0.895 bits per heavy atom. The molecule has 2 N–H and O–H groups in total. The standard InChI is InChI=1S/C27H20Cl3N3O5/c1-2-13-38-27(37)16-5-3-6-18(14-16)33-25(35)22(30)23(26(33)36)31-17-11-9-15(10-12-17)24(34)32-20-8-4-7-19(28)21(20)29/h3-12,14,31H,2,13H2,1H3,(H,32,34). The molecule has 3 amide bonds. The Labute approximate surface area is 233 Å². The molecule has 3 aromatic carbocycles. The zero-order valence-corrected chi connectivity index (χ0v) is 22.2. The quantitative estimate of drug-likeness (QED) is 0.244. The van der Waals surface area contributed by atoms with Gasteiger partial charge in [0.05, 0.1) is 33.6 Å². The van der Waals surface area contributed by atoms with Gasteiger partial charge in [-0.1, -0.05) is 53.9 Å². The molecule has 0 spiro atoms. The molecule has 0 aliphatic carbocycles. The second-order valence-corrected chi connectivity index (χ2v) is 9.24. The maximum atomic E-state index is 13.1. The summed E-state index contributed by atoms with van der Waals surface area (Å²) in [5.41, 5.74) is 1.32. The number of nitrogens with one attached hydrogen (secondary N) is 2. The molecule has 38 heavy (non-hydrogen) atoms. The highest BCUT2D eigenvalue weighted by atomic mass is 35.5. The topological polar surface area (TPSA) is 105 Å². The van der Waals surface area contributed by atoms with E-state index < -0.39 is 23.7 Å². The van der Waals surface area contributed by atoms with Crippen LogP contribution in [0.15, 0.2) is 77.5 Å². The summed E-state index contributed by atoms with van der Waals surface area (Å²) in [6, 6.07) is 17.0. The summed E-state index contributed by atoms with van der Waals surface area (Å²) < 4.78 is 5.12. The van der Waals surface area contributed by atoms with Crippen LogP contribution in [0.25, 0.3) is 0 Å². The molecule has 1 aliphatic rings. The Kier molecular flexibility index (Phi) is 8.36. The second-order valence-electron chi connectivity index (χ2n) is 8.08. The minimum Gasteiger partial charge on any atom is -0.462 e. The van der Waals surface area contributed by atoms with Crippen LogP contribution in [0.2, 0.25) is 10.0 Å². The first-order valence-corrected chi connectivity index (χ1v) is 12.5. The van der Waals surface area contributed by atoms with Crippen LogP contribution >= 0.6 is 34.8 Å². The van der Waals surface area contributed by atoms with E-state index in [0.717, 1.165) is 4.90 Å². The van der Waals surface area contributed by atoms with Gasteiger partial charge in [0.2, 0.25) is 0 Å². The third kappa shape index (κ3) is 5.67. The van der Waals surface area contributed by atoms with Crippen LogP contribution in [-0.2, 0) is 14.3 Å². The zero-order valence-electron chi connectivity index (χ0n) is 19.9. The second kappa shape index (κ2) is 11.7. The number of carbonyl (C=O) groups excluding carboxylic acids is 4. The number of carbonyl (C=O) groups is 4. The van der Waals surface area contributed by atoms with Crippen LogP contribution in [0, 0.1) is 0 Å². The first-order chi connectivity index (χ1) is 18.2. The number of ether oxygens (including phenoxy) is 1. The molecule has 0 atom stereocenters. The molecule has 0 unspecified atom stereocenters. The molecule has 0 bridgehead atoms. The van der Waals surface area contributed by atoms with Gasteiger partial charge in [-0.2, -0.15) is 0 Å². The van der Waals surface area contributed by atoms with Crippen LogP contribution in [0.4, 0.5) is 17.1 Å². The first-order valence-electron chi connectivity index (χ1n) is 11.4. The number of hydrogen-bond acceptors (Lipinski definition) is 6. The van der Waals surface area contributed by atoms with Gasteiger partial charge in [-0.25, -0.2) is 9.69 Å². The predicted octanol–water partition coefficient (Wildman–Crippen LogP) is 6.25. The molecular formula is C27H20Cl3N3O5. The molecule has 3 aromatic rings. The number of anilines is 3. The lowest BCUT2D eigenvalue weighted by Gasteiger charge is -2.16. The number of hydrogen-bond donors (Lipinski definition) is 2. The van der Waals surface area contributed by atoms with Crippen molar-refractivity contribution in [2.45, 2.75) is 13.3 Å². The van der Waals surface area contributed by atoms with E-state index in [2.05, 4.69) is 10.6 Å². The Morgan fingerprint density at radius 2 is 1.61 bits per heavy atom. The summed E-state index contributed by atoms with van der Waals surface area (Å²) >= 11 is 18.3. The van der Waals surface area contributed by atoms with E-state index in [9.17, 15) is 19.2 Å². The fourth-order valence-corrected chi connectivity index (χ4v) is 4.10. The Morgan fingerprint density at radius 3 is 2.32 bits per heavy atom. The van der Waals surface area contributed by atoms with E-state index >= 15 is 0 Å². The summed E-state index contributed by atoms with van der Waals surface area (Å²) in [7, 11) is 0. The van der Waals surface area contributed by atoms with Gasteiger partial charge in [0.25, 0.3) is 17.7 Å². The van der Waals surface area contributed by atoms with Crippen LogP contribution < -0.4 is 15.5 Å². The van der Waals surface area contributed by atoms with Crippen LogP contribution in [-0.4, -0.2) is 30.3 Å². The normalized spacial score (nSPS) is 13.1. The number of rotatable bonds is 8. The van der Waals surface area contributed by atoms with Crippen LogP contribution in [0.1, 0.15) is 34.1 Å². The molecule has 4 rings (SSSR count). The highest BCUT2D eigenvalue weighted by molar-refractivity contribution is 6.53. The van der Waals surface area contributed by atoms with Gasteiger partial charge >= 0.3 is 5.97 Å². The SMILES string of the molecule is CCCOC(=O)c1cccc(N2C(=O)C(Cl)=C(Nc3ccc(C(=O)Nc4cccc(Cl)c4Cl)cc3)C2=O)c1. The van der Waals surface area contributed by atoms with E-state index in [1.54, 1.807) is 30.3 Å². The average Bonchev–Trinajstić information content (AvgIpc) is 3.13. The van der Waals surface area contributed by atoms with Gasteiger partial charge in [-0.15, -0.1) is 0 Å². The fraction of sp³-hybridized carbons (Fsp3) is 0.111. The van der Waals surface area contributed by atoms with E-state index in [0.29, 0.717) is 28.4 Å². The van der Waals surface area contributed by atoms with Gasteiger partial charge < -0.3 is 15.4 Å². The first kappa shape index (κ1) is 27.2. The third-order valence-corrected chi connectivity index (χ3v) is 6.59. The number of nitrogens with zero attached hydrogens (tertiary/aromatic N) is 1. The number of halogens is 3. The molecule has 0 aromatic heterocycles. The van der Waals surface area contributed by atoms with Crippen LogP contribution in [0.3, 0.4) is 0 Å². The van der Waals surface area contributed by atoms with Gasteiger partial charge in [-0.05, 0) is 61.0 Å². The lowest BCUT2D eigenvalue weighted by Crippen LogP contribution is -2.32. The highest BCUT2D eigenvalue weighted by Gasteiger charge is 2.39. The summed E-state index contributed by atoms with van der Waals surface area (Å²) in [6.45, 7) is 2.12. The predicted molar refractivity (Wildman–Crippen MR) is 147 cm³/mol. The molecule has 0 fully saturated rings. The van der Waals surface area contributed by atoms with Crippen molar-refractivity contribution in [3.63, 3.8) is 0 Å². The number of imide groups is 1. The average molecular weight is 573 g/mol. The van der Waals surface area contributed by atoms with Crippen molar-refractivity contribution in [1.82, 2.24) is 0 Å². The van der Waals surface area contributed by atoms with Crippen molar-refractivity contribution < 1.29 is 23.9 Å². The fourth-order valence-electron chi connectivity index (χ4n) is 3.54. The number of esters is 1.